The van der Waals surface area contributed by atoms with E-state index in [-0.39, 0.29) is 6.03 Å². The van der Waals surface area contributed by atoms with Gasteiger partial charge in [0.15, 0.2) is 5.72 Å². The molecule has 0 radical (unpaired) electrons. The Labute approximate surface area is 116 Å². The number of urea groups is 1. The second kappa shape index (κ2) is 4.13. The Morgan fingerprint density at radius 1 is 1.45 bits per heavy atom. The quantitative estimate of drug-likeness (QED) is 0.785. The van der Waals surface area contributed by atoms with Gasteiger partial charge in [0.25, 0.3) is 0 Å². The molecule has 106 valence electrons. The summed E-state index contributed by atoms with van der Waals surface area (Å²) in [5, 5.41) is 2.85. The SMILES string of the molecule is COC(=O)[C@@H]1[C@@H]2NC(=O)N(C)[C@@]1(C)Oc1ccccc12. The van der Waals surface area contributed by atoms with Crippen LogP contribution in [-0.2, 0) is 9.53 Å². The van der Waals surface area contributed by atoms with Gasteiger partial charge in [-0.2, -0.15) is 0 Å². The van der Waals surface area contributed by atoms with Crippen LogP contribution in [0.4, 0.5) is 4.79 Å². The highest BCUT2D eigenvalue weighted by Crippen LogP contribution is 2.47. The van der Waals surface area contributed by atoms with Gasteiger partial charge in [-0.3, -0.25) is 9.69 Å². The highest BCUT2D eigenvalue weighted by molar-refractivity contribution is 5.84. The van der Waals surface area contributed by atoms with Gasteiger partial charge >= 0.3 is 12.0 Å². The van der Waals surface area contributed by atoms with Crippen molar-refractivity contribution in [2.75, 3.05) is 14.2 Å². The molecular weight excluding hydrogens is 260 g/mol. The minimum Gasteiger partial charge on any atom is -0.469 e. The monoisotopic (exact) mass is 276 g/mol. The maximum atomic E-state index is 12.2. The van der Waals surface area contributed by atoms with Crippen molar-refractivity contribution in [1.29, 1.82) is 0 Å². The molecule has 2 heterocycles. The number of fused-ring (bicyclic) bond motifs is 4. The molecule has 0 unspecified atom stereocenters. The Morgan fingerprint density at radius 3 is 2.85 bits per heavy atom. The third kappa shape index (κ3) is 1.51. The van der Waals surface area contributed by atoms with E-state index in [9.17, 15) is 9.59 Å². The van der Waals surface area contributed by atoms with Crippen molar-refractivity contribution in [2.24, 2.45) is 5.92 Å². The van der Waals surface area contributed by atoms with E-state index in [0.29, 0.717) is 5.75 Å². The molecule has 0 aromatic heterocycles. The van der Waals surface area contributed by atoms with E-state index in [1.807, 2.05) is 24.3 Å². The van der Waals surface area contributed by atoms with E-state index in [0.717, 1.165) is 5.56 Å². The molecule has 1 aromatic rings. The molecule has 0 aliphatic carbocycles. The van der Waals surface area contributed by atoms with E-state index >= 15 is 0 Å². The molecule has 6 nitrogen and oxygen atoms in total. The number of nitrogens with one attached hydrogen (secondary N) is 1. The molecule has 1 saturated heterocycles. The number of methoxy groups -OCH3 is 1. The molecule has 3 atom stereocenters. The first-order valence-electron chi connectivity index (χ1n) is 6.39. The van der Waals surface area contributed by atoms with Crippen molar-refractivity contribution in [2.45, 2.75) is 18.7 Å². The predicted molar refractivity (Wildman–Crippen MR) is 70.0 cm³/mol. The van der Waals surface area contributed by atoms with E-state index in [2.05, 4.69) is 5.32 Å². The van der Waals surface area contributed by atoms with Gasteiger partial charge < -0.3 is 14.8 Å². The molecule has 1 fully saturated rings. The predicted octanol–water partition coefficient (Wildman–Crippen LogP) is 1.28. The molecule has 1 aromatic carbocycles. The van der Waals surface area contributed by atoms with Crippen molar-refractivity contribution < 1.29 is 19.1 Å². The largest absolute Gasteiger partial charge is 0.469 e. The highest BCUT2D eigenvalue weighted by Gasteiger charge is 2.59. The van der Waals surface area contributed by atoms with Crippen LogP contribution in [0.1, 0.15) is 18.5 Å². The molecule has 0 saturated carbocycles. The number of hydrogen-bond donors (Lipinski definition) is 1. The van der Waals surface area contributed by atoms with Gasteiger partial charge in [0.1, 0.15) is 11.7 Å². The molecule has 6 heteroatoms. The smallest absolute Gasteiger partial charge is 0.320 e. The average Bonchev–Trinajstić information content (AvgIpc) is 2.44. The van der Waals surface area contributed by atoms with Crippen LogP contribution in [0, 0.1) is 5.92 Å². The van der Waals surface area contributed by atoms with Gasteiger partial charge in [0.2, 0.25) is 0 Å². The van der Waals surface area contributed by atoms with Crippen LogP contribution in [0.2, 0.25) is 0 Å². The maximum Gasteiger partial charge on any atom is 0.320 e. The van der Waals surface area contributed by atoms with Gasteiger partial charge in [0, 0.05) is 12.6 Å². The molecule has 2 aliphatic heterocycles. The summed E-state index contributed by atoms with van der Waals surface area (Å²) in [6.07, 6.45) is 0. The standard InChI is InChI=1S/C14H16N2O4/c1-14-10(12(17)19-3)11(15-13(18)16(14)2)8-6-4-5-7-9(8)20-14/h4-7,10-11H,1-3H3,(H,15,18)/t10-,11+,14-/m0/s1. The number of benzene rings is 1. The second-order valence-electron chi connectivity index (χ2n) is 5.18. The summed E-state index contributed by atoms with van der Waals surface area (Å²) in [6, 6.07) is 6.68. The molecule has 0 spiro atoms. The van der Waals surface area contributed by atoms with Gasteiger partial charge in [0.05, 0.1) is 13.2 Å². The Bertz CT molecular complexity index is 588. The number of hydrogen-bond acceptors (Lipinski definition) is 4. The lowest BCUT2D eigenvalue weighted by atomic mass is 9.79. The number of ether oxygens (including phenoxy) is 2. The van der Waals surface area contributed by atoms with Gasteiger partial charge in [-0.25, -0.2) is 4.79 Å². The normalized spacial score (nSPS) is 30.9. The number of nitrogens with zero attached hydrogens (tertiary/aromatic N) is 1. The Balaban J connectivity index is 2.18. The number of esters is 1. The lowest BCUT2D eigenvalue weighted by molar-refractivity contribution is -0.173. The van der Waals surface area contributed by atoms with Crippen molar-refractivity contribution in [3.05, 3.63) is 29.8 Å². The fourth-order valence-electron chi connectivity index (χ4n) is 2.96. The topological polar surface area (TPSA) is 67.9 Å². The average molecular weight is 276 g/mol. The number of para-hydroxylation sites is 1. The van der Waals surface area contributed by atoms with Gasteiger partial charge in [-0.05, 0) is 13.0 Å². The molecule has 2 aliphatic rings. The third-order valence-electron chi connectivity index (χ3n) is 4.19. The van der Waals surface area contributed by atoms with Gasteiger partial charge in [-0.15, -0.1) is 0 Å². The molecular formula is C14H16N2O4. The molecule has 1 N–H and O–H groups in total. The minimum absolute atomic E-state index is 0.271. The first kappa shape index (κ1) is 12.8. The van der Waals surface area contributed by atoms with Crippen molar-refractivity contribution >= 4 is 12.0 Å². The van der Waals surface area contributed by atoms with Gasteiger partial charge in [-0.1, -0.05) is 18.2 Å². The zero-order valence-electron chi connectivity index (χ0n) is 11.5. The minimum atomic E-state index is -1.06. The summed E-state index contributed by atoms with van der Waals surface area (Å²) < 4.78 is 10.9. The summed E-state index contributed by atoms with van der Waals surface area (Å²) in [7, 11) is 2.94. The fourth-order valence-corrected chi connectivity index (χ4v) is 2.96. The van der Waals surface area contributed by atoms with Crippen LogP contribution in [0.5, 0.6) is 5.75 Å². The summed E-state index contributed by atoms with van der Waals surface area (Å²) in [5.41, 5.74) is -0.268. The zero-order chi connectivity index (χ0) is 14.5. The molecule has 2 amide bonds. The number of carbonyl (C=O) groups is 2. The fraction of sp³-hybridized carbons (Fsp3) is 0.429. The molecule has 2 bridgehead atoms. The van der Waals surface area contributed by atoms with Crippen molar-refractivity contribution in [3.8, 4) is 5.75 Å². The first-order chi connectivity index (χ1) is 9.49. The number of carbonyl (C=O) groups excluding carboxylic acids is 2. The van der Waals surface area contributed by atoms with Crippen LogP contribution in [0.3, 0.4) is 0 Å². The summed E-state index contributed by atoms with van der Waals surface area (Å²) in [4.78, 5) is 25.6. The van der Waals surface area contributed by atoms with E-state index in [4.69, 9.17) is 9.47 Å². The Morgan fingerprint density at radius 2 is 2.15 bits per heavy atom. The highest BCUT2D eigenvalue weighted by atomic mass is 16.5. The van der Waals surface area contributed by atoms with Crippen LogP contribution in [-0.4, -0.2) is 36.8 Å². The van der Waals surface area contributed by atoms with Crippen molar-refractivity contribution in [3.63, 3.8) is 0 Å². The van der Waals surface area contributed by atoms with Crippen molar-refractivity contribution in [1.82, 2.24) is 10.2 Å². The maximum absolute atomic E-state index is 12.2. The molecule has 3 rings (SSSR count). The summed E-state index contributed by atoms with van der Waals surface area (Å²) in [6.45, 7) is 1.73. The Kier molecular flexibility index (Phi) is 2.64. The van der Waals surface area contributed by atoms with Crippen LogP contribution in [0.15, 0.2) is 24.3 Å². The number of rotatable bonds is 1. The van der Waals surface area contributed by atoms with E-state index in [1.165, 1.54) is 12.0 Å². The zero-order valence-corrected chi connectivity index (χ0v) is 11.5. The first-order valence-corrected chi connectivity index (χ1v) is 6.39. The third-order valence-corrected chi connectivity index (χ3v) is 4.19. The lowest BCUT2D eigenvalue weighted by Gasteiger charge is -2.53. The van der Waals surface area contributed by atoms with E-state index in [1.54, 1.807) is 14.0 Å². The summed E-state index contributed by atoms with van der Waals surface area (Å²) >= 11 is 0. The van der Waals surface area contributed by atoms with Crippen LogP contribution >= 0.6 is 0 Å². The second-order valence-corrected chi connectivity index (χ2v) is 5.18. The Hall–Kier alpha value is -2.24. The number of amides is 2. The van der Waals surface area contributed by atoms with Crippen LogP contribution < -0.4 is 10.1 Å². The molecule has 20 heavy (non-hydrogen) atoms. The lowest BCUT2D eigenvalue weighted by Crippen LogP contribution is -2.70. The van der Waals surface area contributed by atoms with Crippen LogP contribution in [0.25, 0.3) is 0 Å². The van der Waals surface area contributed by atoms with E-state index < -0.39 is 23.7 Å². The summed E-state index contributed by atoms with van der Waals surface area (Å²) in [5.74, 6) is -0.351.